The van der Waals surface area contributed by atoms with Gasteiger partial charge in [-0.15, -0.1) is 0 Å². The summed E-state index contributed by atoms with van der Waals surface area (Å²) in [6.45, 7) is 2.65. The first-order valence-electron chi connectivity index (χ1n) is 7.43. The van der Waals surface area contributed by atoms with Crippen molar-refractivity contribution in [3.8, 4) is 0 Å². The molecule has 0 unspecified atom stereocenters. The van der Waals surface area contributed by atoms with Gasteiger partial charge in [-0.05, 0) is 56.6 Å². The number of nitrogens with two attached hydrogens (primary N) is 1. The Morgan fingerprint density at radius 2 is 1.71 bits per heavy atom. The van der Waals surface area contributed by atoms with Crippen LogP contribution in [-0.4, -0.2) is 25.8 Å². The summed E-state index contributed by atoms with van der Waals surface area (Å²) in [5, 5.41) is 0. The average Bonchev–Trinajstić information content (AvgIpc) is 3.29. The van der Waals surface area contributed by atoms with E-state index in [9.17, 15) is 12.8 Å². The predicted molar refractivity (Wildman–Crippen MR) is 79.8 cm³/mol. The molecule has 0 atom stereocenters. The molecule has 6 heteroatoms. The largest absolute Gasteiger partial charge is 0.398 e. The molecule has 1 aromatic carbocycles. The van der Waals surface area contributed by atoms with Crippen LogP contribution in [0.1, 0.15) is 31.2 Å². The first-order chi connectivity index (χ1) is 9.88. The number of sulfonamides is 1. The van der Waals surface area contributed by atoms with Crippen LogP contribution in [0, 0.1) is 24.6 Å². The zero-order valence-electron chi connectivity index (χ0n) is 12.2. The highest BCUT2D eigenvalue weighted by molar-refractivity contribution is 7.89. The molecular formula is C15H21FN2O2S. The van der Waals surface area contributed by atoms with Crippen molar-refractivity contribution in [3.05, 3.63) is 23.5 Å². The molecule has 0 saturated heterocycles. The molecule has 0 heterocycles. The van der Waals surface area contributed by atoms with Gasteiger partial charge in [0.2, 0.25) is 10.0 Å². The minimum Gasteiger partial charge on any atom is -0.398 e. The lowest BCUT2D eigenvalue weighted by atomic mass is 10.2. The SMILES string of the molecule is Cc1c(N)cc(S(=O)(=O)N(CC2CC2)CC2CC2)cc1F. The van der Waals surface area contributed by atoms with E-state index >= 15 is 0 Å². The van der Waals surface area contributed by atoms with Gasteiger partial charge in [-0.3, -0.25) is 0 Å². The van der Waals surface area contributed by atoms with Crippen molar-refractivity contribution in [1.82, 2.24) is 4.31 Å². The van der Waals surface area contributed by atoms with Crippen LogP contribution in [0.2, 0.25) is 0 Å². The molecule has 0 spiro atoms. The second-order valence-electron chi connectivity index (χ2n) is 6.33. The van der Waals surface area contributed by atoms with E-state index in [2.05, 4.69) is 0 Å². The lowest BCUT2D eigenvalue weighted by molar-refractivity contribution is 0.382. The van der Waals surface area contributed by atoms with Crippen molar-refractivity contribution < 1.29 is 12.8 Å². The number of halogens is 1. The summed E-state index contributed by atoms with van der Waals surface area (Å²) in [5.74, 6) is 0.365. The Labute approximate surface area is 125 Å². The Hall–Kier alpha value is -1.14. The molecule has 21 heavy (non-hydrogen) atoms. The quantitative estimate of drug-likeness (QED) is 0.821. The second kappa shape index (κ2) is 5.25. The summed E-state index contributed by atoms with van der Waals surface area (Å²) in [6.07, 6.45) is 4.34. The molecule has 2 saturated carbocycles. The van der Waals surface area contributed by atoms with Crippen LogP contribution in [0.15, 0.2) is 17.0 Å². The van der Waals surface area contributed by atoms with E-state index in [-0.39, 0.29) is 10.6 Å². The molecule has 0 radical (unpaired) electrons. The molecular weight excluding hydrogens is 291 g/mol. The van der Waals surface area contributed by atoms with E-state index in [0.717, 1.165) is 31.7 Å². The second-order valence-corrected chi connectivity index (χ2v) is 8.27. The van der Waals surface area contributed by atoms with Crippen molar-refractivity contribution in [3.63, 3.8) is 0 Å². The van der Waals surface area contributed by atoms with Crippen molar-refractivity contribution in [1.29, 1.82) is 0 Å². The highest BCUT2D eigenvalue weighted by Gasteiger charge is 2.36. The molecule has 3 rings (SSSR count). The summed E-state index contributed by atoms with van der Waals surface area (Å²) in [7, 11) is -3.66. The number of rotatable bonds is 6. The maximum Gasteiger partial charge on any atom is 0.243 e. The zero-order chi connectivity index (χ0) is 15.2. The van der Waals surface area contributed by atoms with Gasteiger partial charge in [-0.1, -0.05) is 0 Å². The van der Waals surface area contributed by atoms with E-state index in [1.165, 1.54) is 10.4 Å². The normalized spacial score (nSPS) is 19.2. The topological polar surface area (TPSA) is 63.4 Å². The smallest absolute Gasteiger partial charge is 0.243 e. The zero-order valence-corrected chi connectivity index (χ0v) is 13.0. The molecule has 0 aliphatic heterocycles. The standard InChI is InChI=1S/C15H21FN2O2S/c1-10-14(16)6-13(7-15(10)17)21(19,20)18(8-11-2-3-11)9-12-4-5-12/h6-7,11-12H,2-5,8-9,17H2,1H3. The lowest BCUT2D eigenvalue weighted by Crippen LogP contribution is -2.35. The number of hydrogen-bond acceptors (Lipinski definition) is 3. The van der Waals surface area contributed by atoms with Crippen molar-refractivity contribution in [2.75, 3.05) is 18.8 Å². The number of nitrogen functional groups attached to an aromatic ring is 1. The molecule has 0 amide bonds. The Kier molecular flexibility index (Phi) is 3.69. The number of nitrogens with zero attached hydrogens (tertiary/aromatic N) is 1. The van der Waals surface area contributed by atoms with Gasteiger partial charge < -0.3 is 5.73 Å². The average molecular weight is 312 g/mol. The van der Waals surface area contributed by atoms with Crippen LogP contribution in [0.4, 0.5) is 10.1 Å². The Morgan fingerprint density at radius 1 is 1.19 bits per heavy atom. The lowest BCUT2D eigenvalue weighted by Gasteiger charge is -2.22. The van der Waals surface area contributed by atoms with Gasteiger partial charge >= 0.3 is 0 Å². The molecule has 1 aromatic rings. The molecule has 0 bridgehead atoms. The fourth-order valence-electron chi connectivity index (χ4n) is 2.42. The van der Waals surface area contributed by atoms with Crippen LogP contribution in [0.3, 0.4) is 0 Å². The molecule has 2 aliphatic carbocycles. The Bertz CT molecular complexity index is 615. The minimum atomic E-state index is -3.66. The third-order valence-corrected chi connectivity index (χ3v) is 6.12. The molecule has 2 aliphatic rings. The van der Waals surface area contributed by atoms with Crippen molar-refractivity contribution in [2.45, 2.75) is 37.5 Å². The van der Waals surface area contributed by atoms with Gasteiger partial charge in [0.1, 0.15) is 5.82 Å². The van der Waals surface area contributed by atoms with Crippen LogP contribution >= 0.6 is 0 Å². The molecule has 0 aromatic heterocycles. The van der Waals surface area contributed by atoms with E-state index in [4.69, 9.17) is 5.73 Å². The van der Waals surface area contributed by atoms with Crippen molar-refractivity contribution >= 4 is 15.7 Å². The Balaban J connectivity index is 1.91. The van der Waals surface area contributed by atoms with E-state index in [1.54, 1.807) is 6.92 Å². The van der Waals surface area contributed by atoms with Gasteiger partial charge in [-0.25, -0.2) is 12.8 Å². The third kappa shape index (κ3) is 3.21. The van der Waals surface area contributed by atoms with Crippen molar-refractivity contribution in [2.24, 2.45) is 11.8 Å². The maximum atomic E-state index is 13.8. The molecule has 116 valence electrons. The maximum absolute atomic E-state index is 13.8. The first kappa shape index (κ1) is 14.8. The Morgan fingerprint density at radius 3 is 2.14 bits per heavy atom. The summed E-state index contributed by atoms with van der Waals surface area (Å²) in [5.41, 5.74) is 6.21. The highest BCUT2D eigenvalue weighted by Crippen LogP contribution is 2.36. The van der Waals surface area contributed by atoms with Gasteiger partial charge in [0.25, 0.3) is 0 Å². The molecule has 2 N–H and O–H groups in total. The minimum absolute atomic E-state index is 0.0237. The fourth-order valence-corrected chi connectivity index (χ4v) is 4.06. The van der Waals surface area contributed by atoms with Crippen LogP contribution < -0.4 is 5.73 Å². The first-order valence-corrected chi connectivity index (χ1v) is 8.87. The summed E-state index contributed by atoms with van der Waals surface area (Å²) in [4.78, 5) is -0.0237. The van der Waals surface area contributed by atoms with Crippen LogP contribution in [0.5, 0.6) is 0 Å². The predicted octanol–water partition coefficient (Wildman–Crippen LogP) is 2.53. The van der Waals surface area contributed by atoms with Gasteiger partial charge in [0.05, 0.1) is 4.90 Å². The number of hydrogen-bond donors (Lipinski definition) is 1. The van der Waals surface area contributed by atoms with Gasteiger partial charge in [0.15, 0.2) is 0 Å². The molecule has 4 nitrogen and oxygen atoms in total. The summed E-state index contributed by atoms with van der Waals surface area (Å²) < 4.78 is 40.9. The molecule has 2 fully saturated rings. The van der Waals surface area contributed by atoms with Crippen LogP contribution in [-0.2, 0) is 10.0 Å². The van der Waals surface area contributed by atoms with E-state index in [0.29, 0.717) is 30.5 Å². The van der Waals surface area contributed by atoms with Gasteiger partial charge in [0, 0.05) is 24.3 Å². The summed E-state index contributed by atoms with van der Waals surface area (Å²) in [6, 6.07) is 2.47. The van der Waals surface area contributed by atoms with Crippen LogP contribution in [0.25, 0.3) is 0 Å². The fraction of sp³-hybridized carbons (Fsp3) is 0.600. The highest BCUT2D eigenvalue weighted by atomic mass is 32.2. The number of anilines is 1. The monoisotopic (exact) mass is 312 g/mol. The summed E-state index contributed by atoms with van der Waals surface area (Å²) >= 11 is 0. The van der Waals surface area contributed by atoms with E-state index in [1.807, 2.05) is 0 Å². The van der Waals surface area contributed by atoms with E-state index < -0.39 is 15.8 Å². The third-order valence-electron chi connectivity index (χ3n) is 4.31. The van der Waals surface area contributed by atoms with Gasteiger partial charge in [-0.2, -0.15) is 4.31 Å². The number of benzene rings is 1.